The maximum Gasteiger partial charge on any atom is 0.132 e. The maximum atomic E-state index is 6.15. The lowest BCUT2D eigenvalue weighted by Gasteiger charge is -2.07. The van der Waals surface area contributed by atoms with Crippen LogP contribution in [0.4, 0.5) is 11.6 Å². The van der Waals surface area contributed by atoms with E-state index >= 15 is 0 Å². The van der Waals surface area contributed by atoms with Crippen LogP contribution < -0.4 is 11.1 Å². The highest BCUT2D eigenvalue weighted by Crippen LogP contribution is 2.29. The lowest BCUT2D eigenvalue weighted by Crippen LogP contribution is -2.08. The van der Waals surface area contributed by atoms with Gasteiger partial charge in [0, 0.05) is 12.4 Å². The first-order valence-corrected chi connectivity index (χ1v) is 8.85. The molecular formula is C18H21N5S. The van der Waals surface area contributed by atoms with Gasteiger partial charge in [0.1, 0.15) is 16.6 Å². The van der Waals surface area contributed by atoms with Crippen LogP contribution in [0.5, 0.6) is 0 Å². The topological polar surface area (TPSA) is 76.7 Å². The van der Waals surface area contributed by atoms with Crippen LogP contribution in [0.15, 0.2) is 42.7 Å². The van der Waals surface area contributed by atoms with Gasteiger partial charge in [0.15, 0.2) is 0 Å². The second-order valence-electron chi connectivity index (χ2n) is 5.71. The van der Waals surface area contributed by atoms with Crippen LogP contribution in [0.25, 0.3) is 10.6 Å². The predicted molar refractivity (Wildman–Crippen MR) is 99.4 cm³/mol. The number of nitrogens with one attached hydrogen (secondary N) is 1. The van der Waals surface area contributed by atoms with Gasteiger partial charge >= 0.3 is 0 Å². The number of hydrogen-bond acceptors (Lipinski definition) is 6. The minimum Gasteiger partial charge on any atom is -0.325 e. The monoisotopic (exact) mass is 339 g/mol. The molecule has 1 unspecified atom stereocenters. The Morgan fingerprint density at radius 2 is 2.08 bits per heavy atom. The van der Waals surface area contributed by atoms with E-state index in [1.54, 1.807) is 17.5 Å². The first-order chi connectivity index (χ1) is 11.7. The molecule has 0 aliphatic heterocycles. The van der Waals surface area contributed by atoms with Crippen molar-refractivity contribution >= 4 is 23.0 Å². The molecule has 6 heteroatoms. The van der Waals surface area contributed by atoms with Crippen LogP contribution >= 0.6 is 11.3 Å². The van der Waals surface area contributed by atoms with Gasteiger partial charge in [-0.3, -0.25) is 0 Å². The highest BCUT2D eigenvalue weighted by atomic mass is 32.1. The summed E-state index contributed by atoms with van der Waals surface area (Å²) in [5.74, 6) is 1.55. The smallest absolute Gasteiger partial charge is 0.132 e. The average Bonchev–Trinajstić information content (AvgIpc) is 3.05. The molecule has 0 fully saturated rings. The molecule has 0 aromatic carbocycles. The zero-order valence-electron chi connectivity index (χ0n) is 13.9. The van der Waals surface area contributed by atoms with E-state index in [1.807, 2.05) is 43.5 Å². The molecule has 3 rings (SSSR count). The fourth-order valence-corrected chi connectivity index (χ4v) is 3.31. The highest BCUT2D eigenvalue weighted by Gasteiger charge is 2.12. The molecule has 0 saturated carbocycles. The number of aryl methyl sites for hydroxylation is 1. The molecule has 5 nitrogen and oxygen atoms in total. The second kappa shape index (κ2) is 7.51. The van der Waals surface area contributed by atoms with Gasteiger partial charge in [-0.05, 0) is 43.2 Å². The van der Waals surface area contributed by atoms with Gasteiger partial charge in [-0.2, -0.15) is 0 Å². The number of aromatic nitrogens is 3. The van der Waals surface area contributed by atoms with Gasteiger partial charge in [0.25, 0.3) is 0 Å². The quantitative estimate of drug-likeness (QED) is 0.694. The lowest BCUT2D eigenvalue weighted by molar-refractivity contribution is 0.634. The van der Waals surface area contributed by atoms with Crippen molar-refractivity contribution in [3.8, 4) is 10.6 Å². The Labute approximate surface area is 146 Å². The summed E-state index contributed by atoms with van der Waals surface area (Å²) in [5, 5.41) is 4.21. The summed E-state index contributed by atoms with van der Waals surface area (Å²) in [6.45, 7) is 4.17. The summed E-state index contributed by atoms with van der Waals surface area (Å²) in [6.07, 6.45) is 5.64. The van der Waals surface area contributed by atoms with Crippen LogP contribution in [0.3, 0.4) is 0 Å². The Morgan fingerprint density at radius 1 is 1.21 bits per heavy atom. The first kappa shape index (κ1) is 16.5. The van der Waals surface area contributed by atoms with Gasteiger partial charge in [-0.15, -0.1) is 11.3 Å². The third-order valence-electron chi connectivity index (χ3n) is 3.61. The van der Waals surface area contributed by atoms with Crippen molar-refractivity contribution in [2.75, 3.05) is 5.32 Å². The van der Waals surface area contributed by atoms with Gasteiger partial charge in [0.05, 0.1) is 16.6 Å². The van der Waals surface area contributed by atoms with E-state index in [-0.39, 0.29) is 6.04 Å². The Kier molecular flexibility index (Phi) is 5.17. The van der Waals surface area contributed by atoms with Crippen LogP contribution in [0, 0.1) is 6.92 Å². The number of rotatable bonds is 6. The molecule has 3 N–H and O–H groups in total. The molecule has 3 aromatic rings. The molecule has 24 heavy (non-hydrogen) atoms. The van der Waals surface area contributed by atoms with E-state index in [0.29, 0.717) is 0 Å². The van der Waals surface area contributed by atoms with Crippen LogP contribution in [-0.4, -0.2) is 15.0 Å². The van der Waals surface area contributed by atoms with Crippen molar-refractivity contribution in [1.82, 2.24) is 15.0 Å². The van der Waals surface area contributed by atoms with Crippen molar-refractivity contribution < 1.29 is 0 Å². The normalized spacial score (nSPS) is 12.1. The molecule has 0 saturated heterocycles. The standard InChI is InChI=1S/C18H21N5S/c1-3-5-13(19)18-21-11-15(24-18)14-6-4-7-16(22-14)23-17-10-12(2)8-9-20-17/h4,6-11,13H,3,5,19H2,1-2H3,(H,20,22,23). The summed E-state index contributed by atoms with van der Waals surface area (Å²) in [6, 6.07) is 9.85. The number of hydrogen-bond donors (Lipinski definition) is 2. The van der Waals surface area contributed by atoms with Crippen molar-refractivity contribution in [3.05, 3.63) is 53.3 Å². The van der Waals surface area contributed by atoms with Crippen molar-refractivity contribution in [1.29, 1.82) is 0 Å². The Hall–Kier alpha value is -2.31. The largest absolute Gasteiger partial charge is 0.325 e. The number of nitrogens with zero attached hydrogens (tertiary/aromatic N) is 3. The second-order valence-corrected chi connectivity index (χ2v) is 6.77. The van der Waals surface area contributed by atoms with E-state index < -0.39 is 0 Å². The summed E-state index contributed by atoms with van der Waals surface area (Å²) < 4.78 is 0. The zero-order chi connectivity index (χ0) is 16.9. The molecule has 124 valence electrons. The van der Waals surface area contributed by atoms with Crippen LogP contribution in [0.2, 0.25) is 0 Å². The molecule has 0 radical (unpaired) electrons. The van der Waals surface area contributed by atoms with E-state index in [4.69, 9.17) is 5.73 Å². The molecule has 3 heterocycles. The van der Waals surface area contributed by atoms with Crippen LogP contribution in [0.1, 0.15) is 36.4 Å². The number of thiazole rings is 1. The summed E-state index contributed by atoms with van der Waals surface area (Å²) in [5.41, 5.74) is 8.19. The Bertz CT molecular complexity index is 814. The third-order valence-corrected chi connectivity index (χ3v) is 4.77. The van der Waals surface area contributed by atoms with E-state index in [0.717, 1.165) is 45.6 Å². The van der Waals surface area contributed by atoms with Gasteiger partial charge in [-0.25, -0.2) is 15.0 Å². The average molecular weight is 339 g/mol. The lowest BCUT2D eigenvalue weighted by atomic mass is 10.2. The fraction of sp³-hybridized carbons (Fsp3) is 0.278. The minimum absolute atomic E-state index is 0.00607. The number of pyridine rings is 2. The first-order valence-electron chi connectivity index (χ1n) is 8.04. The Morgan fingerprint density at radius 3 is 2.88 bits per heavy atom. The van der Waals surface area contributed by atoms with Crippen molar-refractivity contribution in [3.63, 3.8) is 0 Å². The number of anilines is 2. The van der Waals surface area contributed by atoms with E-state index in [9.17, 15) is 0 Å². The third kappa shape index (κ3) is 3.96. The van der Waals surface area contributed by atoms with Crippen LogP contribution in [-0.2, 0) is 0 Å². The molecule has 0 aliphatic carbocycles. The van der Waals surface area contributed by atoms with E-state index in [2.05, 4.69) is 27.2 Å². The molecule has 0 amide bonds. The summed E-state index contributed by atoms with van der Waals surface area (Å²) in [7, 11) is 0. The SMILES string of the molecule is CCCC(N)c1ncc(-c2cccc(Nc3cc(C)ccn3)n2)s1. The molecule has 3 aromatic heterocycles. The molecule has 0 spiro atoms. The summed E-state index contributed by atoms with van der Waals surface area (Å²) >= 11 is 1.61. The summed E-state index contributed by atoms with van der Waals surface area (Å²) in [4.78, 5) is 14.5. The van der Waals surface area contributed by atoms with Gasteiger partial charge in [-0.1, -0.05) is 19.4 Å². The zero-order valence-corrected chi connectivity index (χ0v) is 14.7. The van der Waals surface area contributed by atoms with E-state index in [1.165, 1.54) is 0 Å². The predicted octanol–water partition coefficient (Wildman–Crippen LogP) is 4.45. The van der Waals surface area contributed by atoms with Crippen molar-refractivity contribution in [2.45, 2.75) is 32.7 Å². The van der Waals surface area contributed by atoms with Crippen molar-refractivity contribution in [2.24, 2.45) is 5.73 Å². The number of nitrogens with two attached hydrogens (primary N) is 1. The minimum atomic E-state index is 0.00607. The molecule has 0 aliphatic rings. The maximum absolute atomic E-state index is 6.15. The van der Waals surface area contributed by atoms with Gasteiger partial charge in [0.2, 0.25) is 0 Å². The Balaban J connectivity index is 1.80. The molecule has 1 atom stereocenters. The highest BCUT2D eigenvalue weighted by molar-refractivity contribution is 7.15. The molecular weight excluding hydrogens is 318 g/mol. The molecule has 0 bridgehead atoms. The fourth-order valence-electron chi connectivity index (χ4n) is 2.39. The van der Waals surface area contributed by atoms with Gasteiger partial charge < -0.3 is 11.1 Å².